The fourth-order valence-corrected chi connectivity index (χ4v) is 4.25. The molecule has 0 saturated heterocycles. The Kier molecular flexibility index (Phi) is 5.33. The standard InChI is InChI=1S/C9H13ClN2O2S3/c1-2-6(5-8(11)15)12-17(13,14)9-4-3-7(10)16-9/h3-4,6,12H,2,5H2,1H3,(H2,11,15). The molecule has 1 unspecified atom stereocenters. The Bertz CT molecular complexity index is 498. The predicted molar refractivity (Wildman–Crippen MR) is 75.1 cm³/mol. The molecule has 8 heteroatoms. The third kappa shape index (κ3) is 4.51. The molecule has 0 aliphatic heterocycles. The Morgan fingerprint density at radius 2 is 2.29 bits per heavy atom. The van der Waals surface area contributed by atoms with E-state index in [1.54, 1.807) is 6.07 Å². The summed E-state index contributed by atoms with van der Waals surface area (Å²) in [6.07, 6.45) is 0.972. The van der Waals surface area contributed by atoms with Crippen molar-refractivity contribution in [1.82, 2.24) is 4.72 Å². The van der Waals surface area contributed by atoms with Crippen LogP contribution in [0.1, 0.15) is 19.8 Å². The van der Waals surface area contributed by atoms with Crippen LogP contribution in [0.3, 0.4) is 0 Å². The third-order valence-corrected chi connectivity index (χ3v) is 5.49. The van der Waals surface area contributed by atoms with Crippen molar-refractivity contribution >= 4 is 50.2 Å². The van der Waals surface area contributed by atoms with Gasteiger partial charge in [-0.2, -0.15) is 0 Å². The lowest BCUT2D eigenvalue weighted by molar-refractivity contribution is 0.548. The van der Waals surface area contributed by atoms with Crippen LogP contribution in [-0.4, -0.2) is 19.4 Å². The number of hydrogen-bond acceptors (Lipinski definition) is 4. The highest BCUT2D eigenvalue weighted by atomic mass is 35.5. The number of rotatable bonds is 6. The molecule has 0 aliphatic carbocycles. The summed E-state index contributed by atoms with van der Waals surface area (Å²) in [5, 5.41) is 0. The van der Waals surface area contributed by atoms with Crippen LogP contribution in [0, 0.1) is 0 Å². The molecular weight excluding hydrogens is 300 g/mol. The van der Waals surface area contributed by atoms with Gasteiger partial charge in [-0.25, -0.2) is 13.1 Å². The number of nitrogens with two attached hydrogens (primary N) is 1. The lowest BCUT2D eigenvalue weighted by atomic mass is 10.2. The maximum absolute atomic E-state index is 12.0. The van der Waals surface area contributed by atoms with Gasteiger partial charge in [0, 0.05) is 12.5 Å². The topological polar surface area (TPSA) is 72.2 Å². The molecule has 4 nitrogen and oxygen atoms in total. The van der Waals surface area contributed by atoms with E-state index < -0.39 is 10.0 Å². The van der Waals surface area contributed by atoms with Gasteiger partial charge >= 0.3 is 0 Å². The van der Waals surface area contributed by atoms with Crippen molar-refractivity contribution in [2.24, 2.45) is 5.73 Å². The first-order valence-corrected chi connectivity index (χ1v) is 7.99. The lowest BCUT2D eigenvalue weighted by Gasteiger charge is -2.15. The van der Waals surface area contributed by atoms with E-state index in [-0.39, 0.29) is 10.3 Å². The number of thiocarbonyl (C=S) groups is 1. The summed E-state index contributed by atoms with van der Waals surface area (Å²) in [4.78, 5) is 0.295. The molecule has 17 heavy (non-hydrogen) atoms. The largest absolute Gasteiger partial charge is 0.393 e. The van der Waals surface area contributed by atoms with Gasteiger partial charge in [0.1, 0.15) is 4.21 Å². The van der Waals surface area contributed by atoms with E-state index in [9.17, 15) is 8.42 Å². The minimum Gasteiger partial charge on any atom is -0.393 e. The molecule has 1 heterocycles. The molecule has 1 atom stereocenters. The zero-order valence-electron chi connectivity index (χ0n) is 9.14. The normalized spacial score (nSPS) is 13.5. The van der Waals surface area contributed by atoms with Gasteiger partial charge in [0.15, 0.2) is 0 Å². The van der Waals surface area contributed by atoms with Crippen molar-refractivity contribution < 1.29 is 8.42 Å². The van der Waals surface area contributed by atoms with Gasteiger partial charge in [0.25, 0.3) is 0 Å². The van der Waals surface area contributed by atoms with Crippen molar-refractivity contribution in [3.8, 4) is 0 Å². The highest BCUT2D eigenvalue weighted by Crippen LogP contribution is 2.25. The van der Waals surface area contributed by atoms with E-state index in [0.717, 1.165) is 11.3 Å². The SMILES string of the molecule is CCC(CC(N)=S)NS(=O)(=O)c1ccc(Cl)s1. The fourth-order valence-electron chi connectivity index (χ4n) is 1.23. The average molecular weight is 313 g/mol. The Hall–Kier alpha value is -0.210. The minimum atomic E-state index is -3.53. The molecule has 1 aromatic rings. The summed E-state index contributed by atoms with van der Waals surface area (Å²) in [6, 6.07) is 2.75. The molecule has 0 aromatic carbocycles. The summed E-state index contributed by atoms with van der Waals surface area (Å²) >= 11 is 11.5. The van der Waals surface area contributed by atoms with Crippen molar-refractivity contribution in [1.29, 1.82) is 0 Å². The van der Waals surface area contributed by atoms with Gasteiger partial charge in [0.2, 0.25) is 10.0 Å². The minimum absolute atomic E-state index is 0.198. The van der Waals surface area contributed by atoms with Crippen LogP contribution in [-0.2, 0) is 10.0 Å². The number of hydrogen-bond donors (Lipinski definition) is 2. The van der Waals surface area contributed by atoms with E-state index in [2.05, 4.69) is 4.72 Å². The Balaban J connectivity index is 2.81. The molecule has 3 N–H and O–H groups in total. The van der Waals surface area contributed by atoms with Crippen LogP contribution < -0.4 is 10.5 Å². The fraction of sp³-hybridized carbons (Fsp3) is 0.444. The van der Waals surface area contributed by atoms with Crippen LogP contribution >= 0.6 is 35.2 Å². The number of sulfonamides is 1. The zero-order chi connectivity index (χ0) is 13.1. The monoisotopic (exact) mass is 312 g/mol. The van der Waals surface area contributed by atoms with Gasteiger partial charge in [-0.3, -0.25) is 0 Å². The van der Waals surface area contributed by atoms with E-state index in [0.29, 0.717) is 22.2 Å². The van der Waals surface area contributed by atoms with Crippen molar-refractivity contribution in [3.63, 3.8) is 0 Å². The van der Waals surface area contributed by atoms with E-state index in [1.165, 1.54) is 6.07 Å². The zero-order valence-corrected chi connectivity index (χ0v) is 12.3. The second-order valence-electron chi connectivity index (χ2n) is 3.46. The van der Waals surface area contributed by atoms with Gasteiger partial charge < -0.3 is 5.73 Å². The molecule has 0 radical (unpaired) electrons. The average Bonchev–Trinajstić information content (AvgIpc) is 2.63. The van der Waals surface area contributed by atoms with E-state index in [4.69, 9.17) is 29.6 Å². The van der Waals surface area contributed by atoms with Crippen molar-refractivity contribution in [2.45, 2.75) is 30.0 Å². The quantitative estimate of drug-likeness (QED) is 0.789. The molecule has 1 rings (SSSR count). The molecule has 0 fully saturated rings. The second kappa shape index (κ2) is 6.10. The maximum atomic E-state index is 12.0. The van der Waals surface area contributed by atoms with Crippen molar-refractivity contribution in [2.75, 3.05) is 0 Å². The first kappa shape index (κ1) is 14.8. The Morgan fingerprint density at radius 1 is 1.65 bits per heavy atom. The van der Waals surface area contributed by atoms with Gasteiger partial charge in [-0.1, -0.05) is 30.7 Å². The molecule has 0 amide bonds. The van der Waals surface area contributed by atoms with Crippen LogP contribution in [0.4, 0.5) is 0 Å². The molecule has 0 bridgehead atoms. The Labute approximate surface area is 115 Å². The second-order valence-corrected chi connectivity index (χ2v) is 7.64. The molecule has 0 aliphatic rings. The Morgan fingerprint density at radius 3 is 2.71 bits per heavy atom. The van der Waals surface area contributed by atoms with Gasteiger partial charge in [-0.05, 0) is 18.6 Å². The van der Waals surface area contributed by atoms with E-state index >= 15 is 0 Å². The molecular formula is C9H13ClN2O2S3. The number of thiophene rings is 1. The summed E-state index contributed by atoms with van der Waals surface area (Å²) in [6.45, 7) is 1.87. The van der Waals surface area contributed by atoms with E-state index in [1.807, 2.05) is 6.92 Å². The molecule has 0 saturated carbocycles. The van der Waals surface area contributed by atoms with Gasteiger partial charge in [0.05, 0.1) is 9.32 Å². The summed E-state index contributed by atoms with van der Waals surface area (Å²) in [5.41, 5.74) is 5.41. The number of nitrogens with one attached hydrogen (secondary N) is 1. The summed E-state index contributed by atoms with van der Waals surface area (Å²) < 4.78 is 27.1. The first-order valence-electron chi connectivity index (χ1n) is 4.91. The molecule has 1 aromatic heterocycles. The van der Waals surface area contributed by atoms with Gasteiger partial charge in [-0.15, -0.1) is 11.3 Å². The summed E-state index contributed by atoms with van der Waals surface area (Å²) in [7, 11) is -3.53. The van der Waals surface area contributed by atoms with Crippen LogP contribution in [0.25, 0.3) is 0 Å². The first-order chi connectivity index (χ1) is 7.85. The maximum Gasteiger partial charge on any atom is 0.250 e. The highest BCUT2D eigenvalue weighted by Gasteiger charge is 2.21. The highest BCUT2D eigenvalue weighted by molar-refractivity contribution is 7.91. The van der Waals surface area contributed by atoms with Crippen LogP contribution in [0.15, 0.2) is 16.3 Å². The van der Waals surface area contributed by atoms with Crippen molar-refractivity contribution in [3.05, 3.63) is 16.5 Å². The summed E-state index contributed by atoms with van der Waals surface area (Å²) in [5.74, 6) is 0. The smallest absolute Gasteiger partial charge is 0.250 e. The number of halogens is 1. The lowest BCUT2D eigenvalue weighted by Crippen LogP contribution is -2.36. The van der Waals surface area contributed by atoms with Crippen LogP contribution in [0.2, 0.25) is 4.34 Å². The molecule has 96 valence electrons. The molecule has 0 spiro atoms. The predicted octanol–water partition coefficient (Wildman–Crippen LogP) is 2.13. The van der Waals surface area contributed by atoms with Crippen LogP contribution in [0.5, 0.6) is 0 Å². The third-order valence-electron chi connectivity index (χ3n) is 2.08.